The van der Waals surface area contributed by atoms with E-state index in [9.17, 15) is 0 Å². The van der Waals surface area contributed by atoms with E-state index in [-0.39, 0.29) is 6.04 Å². The highest BCUT2D eigenvalue weighted by Crippen LogP contribution is 2.15. The van der Waals surface area contributed by atoms with E-state index in [2.05, 4.69) is 11.1 Å². The van der Waals surface area contributed by atoms with Crippen LogP contribution in [0.1, 0.15) is 13.3 Å². The van der Waals surface area contributed by atoms with Gasteiger partial charge in [-0.3, -0.25) is 0 Å². The predicted octanol–water partition coefficient (Wildman–Crippen LogP) is 2.47. The van der Waals surface area contributed by atoms with Crippen LogP contribution in [-0.2, 0) is 0 Å². The van der Waals surface area contributed by atoms with Crippen molar-refractivity contribution >= 4 is 17.4 Å². The molecular formula is C10H12ClN3. The summed E-state index contributed by atoms with van der Waals surface area (Å²) in [7, 11) is 1.91. The van der Waals surface area contributed by atoms with Gasteiger partial charge in [0.1, 0.15) is 5.82 Å². The van der Waals surface area contributed by atoms with Crippen molar-refractivity contribution in [2.24, 2.45) is 0 Å². The summed E-state index contributed by atoms with van der Waals surface area (Å²) in [4.78, 5) is 6.12. The maximum absolute atomic E-state index is 8.56. The van der Waals surface area contributed by atoms with E-state index in [4.69, 9.17) is 16.9 Å². The summed E-state index contributed by atoms with van der Waals surface area (Å²) in [5.41, 5.74) is 0. The third kappa shape index (κ3) is 2.61. The summed E-state index contributed by atoms with van der Waals surface area (Å²) in [5.74, 6) is 0.831. The first-order valence-corrected chi connectivity index (χ1v) is 4.74. The van der Waals surface area contributed by atoms with Gasteiger partial charge in [-0.25, -0.2) is 4.98 Å². The van der Waals surface area contributed by atoms with E-state index in [0.717, 1.165) is 5.82 Å². The van der Waals surface area contributed by atoms with Crippen LogP contribution < -0.4 is 4.90 Å². The average molecular weight is 210 g/mol. The first kappa shape index (κ1) is 10.8. The number of aromatic nitrogens is 1. The molecule has 0 radical (unpaired) electrons. The maximum atomic E-state index is 8.56. The van der Waals surface area contributed by atoms with E-state index in [1.807, 2.05) is 24.9 Å². The van der Waals surface area contributed by atoms with E-state index in [1.54, 1.807) is 12.3 Å². The molecule has 4 heteroatoms. The summed E-state index contributed by atoms with van der Waals surface area (Å²) in [6.45, 7) is 1.99. The first-order chi connectivity index (χ1) is 6.65. The third-order valence-electron chi connectivity index (χ3n) is 2.12. The van der Waals surface area contributed by atoms with Crippen molar-refractivity contribution < 1.29 is 0 Å². The number of nitrogens with zero attached hydrogens (tertiary/aromatic N) is 3. The normalized spacial score (nSPS) is 11.9. The highest BCUT2D eigenvalue weighted by atomic mass is 35.5. The van der Waals surface area contributed by atoms with Gasteiger partial charge in [-0.05, 0) is 19.1 Å². The van der Waals surface area contributed by atoms with Crippen LogP contribution in [0.5, 0.6) is 0 Å². The van der Waals surface area contributed by atoms with E-state index in [1.165, 1.54) is 0 Å². The topological polar surface area (TPSA) is 39.9 Å². The minimum absolute atomic E-state index is 0.161. The van der Waals surface area contributed by atoms with Gasteiger partial charge in [-0.15, -0.1) is 0 Å². The van der Waals surface area contributed by atoms with E-state index in [0.29, 0.717) is 11.4 Å². The lowest BCUT2D eigenvalue weighted by atomic mass is 10.2. The highest BCUT2D eigenvalue weighted by Gasteiger charge is 2.09. The van der Waals surface area contributed by atoms with Crippen molar-refractivity contribution in [1.82, 2.24) is 4.98 Å². The molecule has 0 saturated carbocycles. The molecule has 0 aliphatic heterocycles. The maximum Gasteiger partial charge on any atom is 0.128 e. The zero-order valence-corrected chi connectivity index (χ0v) is 8.99. The summed E-state index contributed by atoms with van der Waals surface area (Å²) < 4.78 is 0. The van der Waals surface area contributed by atoms with Crippen molar-refractivity contribution in [3.8, 4) is 6.07 Å². The van der Waals surface area contributed by atoms with Crippen molar-refractivity contribution in [2.75, 3.05) is 11.9 Å². The van der Waals surface area contributed by atoms with Crippen LogP contribution in [0.4, 0.5) is 5.82 Å². The van der Waals surface area contributed by atoms with Gasteiger partial charge in [0.05, 0.1) is 17.5 Å². The molecule has 0 spiro atoms. The molecule has 3 nitrogen and oxygen atoms in total. The lowest BCUT2D eigenvalue weighted by Crippen LogP contribution is -2.28. The Morgan fingerprint density at radius 3 is 2.86 bits per heavy atom. The summed E-state index contributed by atoms with van der Waals surface area (Å²) >= 11 is 5.72. The van der Waals surface area contributed by atoms with Gasteiger partial charge in [0, 0.05) is 19.3 Å². The van der Waals surface area contributed by atoms with Crippen LogP contribution in [0, 0.1) is 11.3 Å². The molecule has 1 heterocycles. The Balaban J connectivity index is 2.74. The highest BCUT2D eigenvalue weighted by molar-refractivity contribution is 6.30. The van der Waals surface area contributed by atoms with Crippen LogP contribution in [0.2, 0.25) is 5.02 Å². The van der Waals surface area contributed by atoms with Crippen LogP contribution in [-0.4, -0.2) is 18.1 Å². The number of nitriles is 1. The molecule has 74 valence electrons. The lowest BCUT2D eigenvalue weighted by molar-refractivity contribution is 0.694. The second kappa shape index (κ2) is 4.83. The molecule has 0 N–H and O–H groups in total. The second-order valence-electron chi connectivity index (χ2n) is 3.16. The number of halogens is 1. The molecular weight excluding hydrogens is 198 g/mol. The van der Waals surface area contributed by atoms with Gasteiger partial charge in [0.15, 0.2) is 0 Å². The molecule has 0 aliphatic rings. The van der Waals surface area contributed by atoms with E-state index >= 15 is 0 Å². The molecule has 0 aromatic carbocycles. The molecule has 1 unspecified atom stereocenters. The minimum Gasteiger partial charge on any atom is -0.356 e. The first-order valence-electron chi connectivity index (χ1n) is 4.36. The Bertz CT molecular complexity index is 328. The van der Waals surface area contributed by atoms with Crippen LogP contribution in [0.15, 0.2) is 18.3 Å². The van der Waals surface area contributed by atoms with Crippen LogP contribution >= 0.6 is 11.6 Å². The average Bonchev–Trinajstić information content (AvgIpc) is 2.18. The van der Waals surface area contributed by atoms with Crippen molar-refractivity contribution in [3.63, 3.8) is 0 Å². The second-order valence-corrected chi connectivity index (χ2v) is 3.59. The number of hydrogen-bond donors (Lipinski definition) is 0. The van der Waals surface area contributed by atoms with Crippen molar-refractivity contribution in [3.05, 3.63) is 23.4 Å². The SMILES string of the molecule is CC(CC#N)N(C)c1ccc(Cl)cn1. The Hall–Kier alpha value is -1.27. The quantitative estimate of drug-likeness (QED) is 0.768. The number of pyridine rings is 1. The Labute approximate surface area is 88.9 Å². The fraction of sp³-hybridized carbons (Fsp3) is 0.400. The summed E-state index contributed by atoms with van der Waals surface area (Å²) in [6.07, 6.45) is 2.09. The summed E-state index contributed by atoms with van der Waals surface area (Å²) in [6, 6.07) is 5.93. The van der Waals surface area contributed by atoms with Gasteiger partial charge in [0.25, 0.3) is 0 Å². The Morgan fingerprint density at radius 2 is 2.36 bits per heavy atom. The molecule has 14 heavy (non-hydrogen) atoms. The number of anilines is 1. The monoisotopic (exact) mass is 209 g/mol. The van der Waals surface area contributed by atoms with Gasteiger partial charge < -0.3 is 4.90 Å². The van der Waals surface area contributed by atoms with Gasteiger partial charge in [-0.1, -0.05) is 11.6 Å². The Kier molecular flexibility index (Phi) is 3.73. The minimum atomic E-state index is 0.161. The van der Waals surface area contributed by atoms with Crippen LogP contribution in [0.3, 0.4) is 0 Å². The molecule has 1 aromatic heterocycles. The van der Waals surface area contributed by atoms with Gasteiger partial charge in [-0.2, -0.15) is 5.26 Å². The van der Waals surface area contributed by atoms with Gasteiger partial charge >= 0.3 is 0 Å². The molecule has 0 bridgehead atoms. The fourth-order valence-electron chi connectivity index (χ4n) is 1.07. The zero-order valence-electron chi connectivity index (χ0n) is 8.24. The molecule has 0 fully saturated rings. The fourth-order valence-corrected chi connectivity index (χ4v) is 1.18. The smallest absolute Gasteiger partial charge is 0.128 e. The standard InChI is InChI=1S/C10H12ClN3/c1-8(5-6-12)14(2)10-4-3-9(11)7-13-10/h3-4,7-8H,5H2,1-2H3. The van der Waals surface area contributed by atoms with Crippen molar-refractivity contribution in [2.45, 2.75) is 19.4 Å². The third-order valence-corrected chi connectivity index (χ3v) is 2.34. The number of hydrogen-bond acceptors (Lipinski definition) is 3. The largest absolute Gasteiger partial charge is 0.356 e. The van der Waals surface area contributed by atoms with Gasteiger partial charge in [0.2, 0.25) is 0 Å². The molecule has 0 saturated heterocycles. The molecule has 0 aliphatic carbocycles. The molecule has 1 atom stereocenters. The van der Waals surface area contributed by atoms with E-state index < -0.39 is 0 Å². The molecule has 0 amide bonds. The molecule has 1 rings (SSSR count). The Morgan fingerprint density at radius 1 is 1.64 bits per heavy atom. The number of rotatable bonds is 3. The zero-order chi connectivity index (χ0) is 10.6. The van der Waals surface area contributed by atoms with Crippen LogP contribution in [0.25, 0.3) is 0 Å². The lowest BCUT2D eigenvalue weighted by Gasteiger charge is -2.23. The summed E-state index contributed by atoms with van der Waals surface area (Å²) in [5, 5.41) is 9.18. The predicted molar refractivity (Wildman–Crippen MR) is 57.3 cm³/mol. The van der Waals surface area contributed by atoms with Crippen molar-refractivity contribution in [1.29, 1.82) is 5.26 Å². The molecule has 1 aromatic rings.